The van der Waals surface area contributed by atoms with Crippen molar-refractivity contribution in [1.82, 2.24) is 0 Å². The van der Waals surface area contributed by atoms with Gasteiger partial charge in [-0.15, -0.1) is 11.6 Å². The lowest BCUT2D eigenvalue weighted by Crippen LogP contribution is -2.25. The zero-order valence-corrected chi connectivity index (χ0v) is 10.8. The van der Waals surface area contributed by atoms with Crippen LogP contribution < -0.4 is 10.6 Å². The van der Waals surface area contributed by atoms with Crippen molar-refractivity contribution < 1.29 is 4.79 Å². The van der Waals surface area contributed by atoms with Crippen LogP contribution in [0.15, 0.2) is 18.2 Å². The molecular weight excluding hydrogens is 326 g/mol. The van der Waals surface area contributed by atoms with Gasteiger partial charge in [-0.25, -0.2) is 0 Å². The molecule has 1 aliphatic heterocycles. The third-order valence-electron chi connectivity index (χ3n) is 2.36. The van der Waals surface area contributed by atoms with Crippen molar-refractivity contribution >= 4 is 51.5 Å². The first-order chi connectivity index (χ1) is 7.08. The fraction of sp³-hybridized carbons (Fsp3) is 0.300. The summed E-state index contributed by atoms with van der Waals surface area (Å²) in [5, 5.41) is -0.101. The molecule has 1 aliphatic rings. The maximum atomic E-state index is 11.6. The van der Waals surface area contributed by atoms with Crippen LogP contribution in [0.3, 0.4) is 0 Å². The Hall–Kier alpha value is -0.490. The summed E-state index contributed by atoms with van der Waals surface area (Å²) in [6.45, 7) is 0.547. The quantitative estimate of drug-likeness (QED) is 0.485. The van der Waals surface area contributed by atoms with E-state index in [1.54, 1.807) is 4.90 Å². The van der Waals surface area contributed by atoms with Crippen molar-refractivity contribution in [3.05, 3.63) is 21.8 Å². The Bertz CT molecular complexity index is 410. The first-order valence-electron chi connectivity index (χ1n) is 4.57. The number of carbonyl (C=O) groups excluding carboxylic acids is 1. The molecule has 0 aromatic heterocycles. The number of nitrogens with zero attached hydrogens (tertiary/aromatic N) is 1. The lowest BCUT2D eigenvalue weighted by atomic mass is 10.2. The van der Waals surface area contributed by atoms with E-state index in [0.717, 1.165) is 9.26 Å². The van der Waals surface area contributed by atoms with Crippen molar-refractivity contribution in [1.29, 1.82) is 0 Å². The average Bonchev–Trinajstić information content (AvgIpc) is 2.45. The van der Waals surface area contributed by atoms with E-state index in [1.165, 1.54) is 0 Å². The van der Waals surface area contributed by atoms with Gasteiger partial charge in [0.05, 0.1) is 16.8 Å². The molecule has 1 amide bonds. The number of carbonyl (C=O) groups is 1. The van der Waals surface area contributed by atoms with Crippen LogP contribution in [0.4, 0.5) is 11.4 Å². The smallest absolute Gasteiger partial charge is 0.228 e. The van der Waals surface area contributed by atoms with Crippen LogP contribution in [0.25, 0.3) is 0 Å². The van der Waals surface area contributed by atoms with E-state index in [9.17, 15) is 4.79 Å². The molecule has 3 nitrogen and oxygen atoms in total. The largest absolute Gasteiger partial charge is 0.397 e. The zero-order chi connectivity index (χ0) is 11.0. The number of halogens is 2. The lowest BCUT2D eigenvalue weighted by molar-refractivity contribution is -0.117. The van der Waals surface area contributed by atoms with Gasteiger partial charge in [0, 0.05) is 16.5 Å². The molecule has 2 rings (SSSR count). The number of nitrogen functional groups attached to an aromatic ring is 1. The van der Waals surface area contributed by atoms with Crippen LogP contribution in [0.5, 0.6) is 0 Å². The molecule has 1 heterocycles. The molecule has 0 saturated carbocycles. The third kappa shape index (κ3) is 2.20. The SMILES string of the molecule is Nc1cc(I)ccc1N1CC(Cl)CC1=O. The molecule has 5 heteroatoms. The number of amides is 1. The minimum atomic E-state index is -0.101. The van der Waals surface area contributed by atoms with E-state index in [4.69, 9.17) is 17.3 Å². The van der Waals surface area contributed by atoms with Gasteiger partial charge in [-0.3, -0.25) is 4.79 Å². The monoisotopic (exact) mass is 336 g/mol. The number of nitrogens with two attached hydrogens (primary N) is 1. The van der Waals surface area contributed by atoms with Crippen molar-refractivity contribution in [2.24, 2.45) is 0 Å². The molecule has 1 atom stereocenters. The van der Waals surface area contributed by atoms with E-state index in [1.807, 2.05) is 18.2 Å². The van der Waals surface area contributed by atoms with Gasteiger partial charge in [0.1, 0.15) is 0 Å². The van der Waals surface area contributed by atoms with Crippen molar-refractivity contribution in [3.63, 3.8) is 0 Å². The molecule has 1 aromatic rings. The van der Waals surface area contributed by atoms with Gasteiger partial charge in [0.2, 0.25) is 5.91 Å². The van der Waals surface area contributed by atoms with Crippen LogP contribution >= 0.6 is 34.2 Å². The van der Waals surface area contributed by atoms with Gasteiger partial charge in [-0.1, -0.05) is 0 Å². The molecular formula is C10H10ClIN2O. The van der Waals surface area contributed by atoms with E-state index in [2.05, 4.69) is 22.6 Å². The highest BCUT2D eigenvalue weighted by molar-refractivity contribution is 14.1. The second kappa shape index (κ2) is 4.17. The van der Waals surface area contributed by atoms with Crippen molar-refractivity contribution in [3.8, 4) is 0 Å². The minimum absolute atomic E-state index is 0.0444. The predicted molar refractivity (Wildman–Crippen MR) is 70.2 cm³/mol. The Morgan fingerprint density at radius 2 is 2.27 bits per heavy atom. The topological polar surface area (TPSA) is 46.3 Å². The van der Waals surface area contributed by atoms with E-state index < -0.39 is 0 Å². The molecule has 1 saturated heterocycles. The van der Waals surface area contributed by atoms with Crippen molar-refractivity contribution in [2.75, 3.05) is 17.2 Å². The summed E-state index contributed by atoms with van der Waals surface area (Å²) >= 11 is 8.12. The summed E-state index contributed by atoms with van der Waals surface area (Å²) < 4.78 is 1.06. The Labute approximate surface area is 107 Å². The summed E-state index contributed by atoms with van der Waals surface area (Å²) in [6.07, 6.45) is 0.396. The van der Waals surface area contributed by atoms with Crippen molar-refractivity contribution in [2.45, 2.75) is 11.8 Å². The fourth-order valence-corrected chi connectivity index (χ4v) is 2.45. The Morgan fingerprint density at radius 3 is 2.80 bits per heavy atom. The summed E-state index contributed by atoms with van der Waals surface area (Å²) in [5.74, 6) is 0.0444. The van der Waals surface area contributed by atoms with Gasteiger partial charge in [0.15, 0.2) is 0 Å². The summed E-state index contributed by atoms with van der Waals surface area (Å²) in [7, 11) is 0. The normalized spacial score (nSPS) is 21.1. The van der Waals surface area contributed by atoms with Gasteiger partial charge in [-0.2, -0.15) is 0 Å². The van der Waals surface area contributed by atoms with E-state index in [-0.39, 0.29) is 11.3 Å². The summed E-state index contributed by atoms with van der Waals surface area (Å²) in [4.78, 5) is 13.3. The van der Waals surface area contributed by atoms with Gasteiger partial charge < -0.3 is 10.6 Å². The standard InChI is InChI=1S/C10H10ClIN2O/c11-6-3-10(15)14(5-6)9-2-1-7(12)4-8(9)13/h1-2,4,6H,3,5,13H2. The molecule has 0 bridgehead atoms. The molecule has 0 radical (unpaired) electrons. The number of rotatable bonds is 1. The lowest BCUT2D eigenvalue weighted by Gasteiger charge is -2.18. The van der Waals surface area contributed by atoms with Crippen LogP contribution in [0, 0.1) is 3.57 Å². The first kappa shape index (κ1) is 11.0. The molecule has 0 spiro atoms. The van der Waals surface area contributed by atoms with Crippen LogP contribution in [-0.4, -0.2) is 17.8 Å². The highest BCUT2D eigenvalue weighted by Gasteiger charge is 2.30. The maximum Gasteiger partial charge on any atom is 0.228 e. The summed E-state index contributed by atoms with van der Waals surface area (Å²) in [5.41, 5.74) is 7.26. The summed E-state index contributed by atoms with van der Waals surface area (Å²) in [6, 6.07) is 5.65. The second-order valence-corrected chi connectivity index (χ2v) is 5.37. The minimum Gasteiger partial charge on any atom is -0.397 e. The molecule has 0 aliphatic carbocycles. The number of benzene rings is 1. The Morgan fingerprint density at radius 1 is 1.53 bits per heavy atom. The molecule has 2 N–H and O–H groups in total. The number of hydrogen-bond donors (Lipinski definition) is 1. The number of hydrogen-bond acceptors (Lipinski definition) is 2. The maximum absolute atomic E-state index is 11.6. The fourth-order valence-electron chi connectivity index (χ4n) is 1.67. The molecule has 15 heavy (non-hydrogen) atoms. The van der Waals surface area contributed by atoms with E-state index in [0.29, 0.717) is 18.7 Å². The molecule has 1 aromatic carbocycles. The predicted octanol–water partition coefficient (Wildman–Crippen LogP) is 2.22. The Balaban J connectivity index is 2.34. The van der Waals surface area contributed by atoms with Crippen LogP contribution in [0.1, 0.15) is 6.42 Å². The first-order valence-corrected chi connectivity index (χ1v) is 6.09. The second-order valence-electron chi connectivity index (χ2n) is 3.51. The van der Waals surface area contributed by atoms with Gasteiger partial charge >= 0.3 is 0 Å². The van der Waals surface area contributed by atoms with Crippen LogP contribution in [-0.2, 0) is 4.79 Å². The molecule has 80 valence electrons. The zero-order valence-electron chi connectivity index (χ0n) is 7.91. The third-order valence-corrected chi connectivity index (χ3v) is 3.32. The van der Waals surface area contributed by atoms with E-state index >= 15 is 0 Å². The Kier molecular flexibility index (Phi) is 3.06. The number of alkyl halides is 1. The van der Waals surface area contributed by atoms with Gasteiger partial charge in [-0.05, 0) is 40.8 Å². The highest BCUT2D eigenvalue weighted by atomic mass is 127. The molecule has 1 unspecified atom stereocenters. The van der Waals surface area contributed by atoms with Gasteiger partial charge in [0.25, 0.3) is 0 Å². The molecule has 1 fully saturated rings. The highest BCUT2D eigenvalue weighted by Crippen LogP contribution is 2.30. The van der Waals surface area contributed by atoms with Crippen LogP contribution in [0.2, 0.25) is 0 Å². The number of anilines is 2. The average molecular weight is 337 g/mol.